The Bertz CT molecular complexity index is 370. The van der Waals surface area contributed by atoms with Crippen LogP contribution in [0.15, 0.2) is 24.8 Å². The molecule has 0 bridgehead atoms. The summed E-state index contributed by atoms with van der Waals surface area (Å²) in [7, 11) is 0. The second-order valence-electron chi connectivity index (χ2n) is 4.88. The lowest BCUT2D eigenvalue weighted by molar-refractivity contribution is 0.340. The van der Waals surface area contributed by atoms with Crippen LogP contribution in [0.25, 0.3) is 5.57 Å². The van der Waals surface area contributed by atoms with Gasteiger partial charge in [0, 0.05) is 18.0 Å². The molecule has 0 fully saturated rings. The van der Waals surface area contributed by atoms with Crippen LogP contribution in [0.1, 0.15) is 32.3 Å². The predicted octanol–water partition coefficient (Wildman–Crippen LogP) is 3.29. The molecule has 3 heteroatoms. The van der Waals surface area contributed by atoms with E-state index in [9.17, 15) is 0 Å². The van der Waals surface area contributed by atoms with E-state index in [2.05, 4.69) is 29.9 Å². The van der Waals surface area contributed by atoms with Gasteiger partial charge in [-0.15, -0.1) is 11.6 Å². The van der Waals surface area contributed by atoms with E-state index in [1.807, 2.05) is 12.4 Å². The molecule has 15 heavy (non-hydrogen) atoms. The molecule has 1 heterocycles. The number of alkyl halides is 1. The van der Waals surface area contributed by atoms with Crippen molar-refractivity contribution in [2.24, 2.45) is 5.41 Å². The van der Waals surface area contributed by atoms with Crippen LogP contribution in [0, 0.1) is 5.41 Å². The highest BCUT2D eigenvalue weighted by molar-refractivity contribution is 6.22. The van der Waals surface area contributed by atoms with Gasteiger partial charge in [-0.1, -0.05) is 19.9 Å². The van der Waals surface area contributed by atoms with Gasteiger partial charge in [0.25, 0.3) is 0 Å². The number of hydrogen-bond donors (Lipinski definition) is 0. The van der Waals surface area contributed by atoms with Crippen molar-refractivity contribution in [2.75, 3.05) is 0 Å². The summed E-state index contributed by atoms with van der Waals surface area (Å²) in [6.07, 6.45) is 9.46. The Morgan fingerprint density at radius 2 is 2.00 bits per heavy atom. The molecule has 1 aromatic rings. The minimum Gasteiger partial charge on any atom is -0.244 e. The number of rotatable bonds is 1. The van der Waals surface area contributed by atoms with Crippen LogP contribution in [-0.4, -0.2) is 15.3 Å². The molecule has 1 aliphatic rings. The van der Waals surface area contributed by atoms with Crippen LogP contribution in [0.4, 0.5) is 0 Å². The van der Waals surface area contributed by atoms with Crippen molar-refractivity contribution < 1.29 is 0 Å². The first-order chi connectivity index (χ1) is 7.07. The Labute approximate surface area is 95.4 Å². The SMILES string of the molecule is CC1(C)CC(c2cncnc2)=CC(Cl)C1. The minimum atomic E-state index is 0.129. The lowest BCUT2D eigenvalue weighted by Gasteiger charge is -2.32. The monoisotopic (exact) mass is 222 g/mol. The van der Waals surface area contributed by atoms with Crippen molar-refractivity contribution in [2.45, 2.75) is 32.1 Å². The van der Waals surface area contributed by atoms with Gasteiger partial charge in [-0.2, -0.15) is 0 Å². The van der Waals surface area contributed by atoms with Crippen molar-refractivity contribution in [3.8, 4) is 0 Å². The second kappa shape index (κ2) is 3.93. The van der Waals surface area contributed by atoms with E-state index in [1.54, 1.807) is 6.33 Å². The number of allylic oxidation sites excluding steroid dienone is 2. The standard InChI is InChI=1S/C12H15ClN2/c1-12(2)4-9(3-11(13)5-12)10-6-14-8-15-7-10/h3,6-8,11H,4-5H2,1-2H3. The molecule has 1 aromatic heterocycles. The summed E-state index contributed by atoms with van der Waals surface area (Å²) in [5.41, 5.74) is 2.63. The number of aromatic nitrogens is 2. The van der Waals surface area contributed by atoms with Crippen molar-refractivity contribution in [1.82, 2.24) is 9.97 Å². The van der Waals surface area contributed by atoms with Gasteiger partial charge in [-0.3, -0.25) is 0 Å². The molecule has 1 atom stereocenters. The van der Waals surface area contributed by atoms with Crippen LogP contribution >= 0.6 is 11.6 Å². The van der Waals surface area contributed by atoms with Gasteiger partial charge in [0.15, 0.2) is 0 Å². The highest BCUT2D eigenvalue weighted by Gasteiger charge is 2.28. The molecule has 0 aliphatic heterocycles. The van der Waals surface area contributed by atoms with Crippen molar-refractivity contribution in [3.63, 3.8) is 0 Å². The van der Waals surface area contributed by atoms with E-state index in [1.165, 1.54) is 5.57 Å². The molecule has 2 rings (SSSR count). The molecular weight excluding hydrogens is 208 g/mol. The van der Waals surface area contributed by atoms with Crippen molar-refractivity contribution in [1.29, 1.82) is 0 Å². The largest absolute Gasteiger partial charge is 0.244 e. The number of nitrogens with zero attached hydrogens (tertiary/aromatic N) is 2. The van der Waals surface area contributed by atoms with Gasteiger partial charge < -0.3 is 0 Å². The topological polar surface area (TPSA) is 25.8 Å². The maximum atomic E-state index is 6.23. The molecule has 2 nitrogen and oxygen atoms in total. The van der Waals surface area contributed by atoms with Crippen molar-refractivity contribution in [3.05, 3.63) is 30.4 Å². The highest BCUT2D eigenvalue weighted by atomic mass is 35.5. The van der Waals surface area contributed by atoms with Crippen LogP contribution in [-0.2, 0) is 0 Å². The second-order valence-corrected chi connectivity index (χ2v) is 5.44. The van der Waals surface area contributed by atoms with Gasteiger partial charge in [-0.25, -0.2) is 9.97 Å². The lowest BCUT2D eigenvalue weighted by atomic mass is 9.76. The molecule has 0 N–H and O–H groups in total. The molecule has 80 valence electrons. The maximum Gasteiger partial charge on any atom is 0.115 e. The molecule has 0 spiro atoms. The van der Waals surface area contributed by atoms with Crippen molar-refractivity contribution >= 4 is 17.2 Å². The zero-order valence-electron chi connectivity index (χ0n) is 9.07. The Kier molecular flexibility index (Phi) is 2.79. The van der Waals surface area contributed by atoms with E-state index < -0.39 is 0 Å². The Balaban J connectivity index is 2.30. The fourth-order valence-corrected chi connectivity index (χ4v) is 2.68. The Morgan fingerprint density at radius 1 is 1.33 bits per heavy atom. The molecule has 1 aliphatic carbocycles. The zero-order valence-corrected chi connectivity index (χ0v) is 9.83. The maximum absolute atomic E-state index is 6.23. The summed E-state index contributed by atoms with van der Waals surface area (Å²) in [5, 5.41) is 0.129. The van der Waals surface area contributed by atoms with Gasteiger partial charge in [0.1, 0.15) is 6.33 Å². The van der Waals surface area contributed by atoms with Gasteiger partial charge >= 0.3 is 0 Å². The fourth-order valence-electron chi connectivity index (χ4n) is 2.11. The van der Waals surface area contributed by atoms with Crippen LogP contribution in [0.3, 0.4) is 0 Å². The first-order valence-corrected chi connectivity index (χ1v) is 5.61. The molecular formula is C12H15ClN2. The number of hydrogen-bond acceptors (Lipinski definition) is 2. The van der Waals surface area contributed by atoms with E-state index in [4.69, 9.17) is 11.6 Å². The lowest BCUT2D eigenvalue weighted by Crippen LogP contribution is -2.21. The Morgan fingerprint density at radius 3 is 2.60 bits per heavy atom. The third-order valence-electron chi connectivity index (χ3n) is 2.73. The molecule has 0 radical (unpaired) electrons. The average molecular weight is 223 g/mol. The summed E-state index contributed by atoms with van der Waals surface area (Å²) in [6, 6.07) is 0. The zero-order chi connectivity index (χ0) is 10.9. The van der Waals surface area contributed by atoms with E-state index in [0.717, 1.165) is 18.4 Å². The van der Waals surface area contributed by atoms with Gasteiger partial charge in [0.2, 0.25) is 0 Å². The summed E-state index contributed by atoms with van der Waals surface area (Å²) < 4.78 is 0. The quantitative estimate of drug-likeness (QED) is 0.682. The highest BCUT2D eigenvalue weighted by Crippen LogP contribution is 2.40. The third-order valence-corrected chi connectivity index (χ3v) is 3.01. The fraction of sp³-hybridized carbons (Fsp3) is 0.500. The summed E-state index contributed by atoms with van der Waals surface area (Å²) in [5.74, 6) is 0. The van der Waals surface area contributed by atoms with Gasteiger partial charge in [-0.05, 0) is 23.8 Å². The normalized spacial score (nSPS) is 24.7. The van der Waals surface area contributed by atoms with E-state index in [0.29, 0.717) is 0 Å². The third kappa shape index (κ3) is 2.57. The molecule has 0 saturated carbocycles. The Hall–Kier alpha value is -0.890. The molecule has 1 unspecified atom stereocenters. The smallest absolute Gasteiger partial charge is 0.115 e. The molecule has 0 amide bonds. The molecule has 0 saturated heterocycles. The number of halogens is 1. The average Bonchev–Trinajstić information content (AvgIpc) is 2.16. The van der Waals surface area contributed by atoms with Crippen LogP contribution < -0.4 is 0 Å². The summed E-state index contributed by atoms with van der Waals surface area (Å²) in [4.78, 5) is 8.08. The first kappa shape index (κ1) is 10.6. The van der Waals surface area contributed by atoms with E-state index >= 15 is 0 Å². The summed E-state index contributed by atoms with van der Waals surface area (Å²) in [6.45, 7) is 4.50. The first-order valence-electron chi connectivity index (χ1n) is 5.17. The molecule has 0 aromatic carbocycles. The minimum absolute atomic E-state index is 0.129. The van der Waals surface area contributed by atoms with Crippen LogP contribution in [0.2, 0.25) is 0 Å². The van der Waals surface area contributed by atoms with E-state index in [-0.39, 0.29) is 10.8 Å². The summed E-state index contributed by atoms with van der Waals surface area (Å²) >= 11 is 6.23. The predicted molar refractivity (Wildman–Crippen MR) is 62.7 cm³/mol. The van der Waals surface area contributed by atoms with Crippen LogP contribution in [0.5, 0.6) is 0 Å². The van der Waals surface area contributed by atoms with Gasteiger partial charge in [0.05, 0.1) is 5.38 Å².